The van der Waals surface area contributed by atoms with E-state index < -0.39 is 17.9 Å². The van der Waals surface area contributed by atoms with E-state index in [1.54, 1.807) is 25.1 Å². The van der Waals surface area contributed by atoms with Crippen LogP contribution in [0.2, 0.25) is 0 Å². The van der Waals surface area contributed by atoms with Gasteiger partial charge in [-0.25, -0.2) is 0 Å². The van der Waals surface area contributed by atoms with Crippen molar-refractivity contribution in [1.29, 1.82) is 0 Å². The summed E-state index contributed by atoms with van der Waals surface area (Å²) in [5.41, 5.74) is 7.38. The van der Waals surface area contributed by atoms with Gasteiger partial charge in [0.2, 0.25) is 0 Å². The summed E-state index contributed by atoms with van der Waals surface area (Å²) in [6.07, 6.45) is -0.745. The van der Waals surface area contributed by atoms with E-state index in [1.165, 1.54) is 0 Å². The number of amides is 2. The molecule has 6 nitrogen and oxygen atoms in total. The van der Waals surface area contributed by atoms with Gasteiger partial charge in [-0.05, 0) is 92.0 Å². The molecule has 1 unspecified atom stereocenters. The quantitative estimate of drug-likeness (QED) is 0.652. The molecular formula is C21H25BrN2O4. The van der Waals surface area contributed by atoms with Crippen LogP contribution in [-0.4, -0.2) is 24.0 Å². The van der Waals surface area contributed by atoms with Crippen molar-refractivity contribution in [2.45, 2.75) is 46.8 Å². The largest absolute Gasteiger partial charge is 0.490 e. The van der Waals surface area contributed by atoms with Crippen LogP contribution in [0.1, 0.15) is 42.3 Å². The minimum absolute atomic E-state index is 0.0223. The Labute approximate surface area is 173 Å². The van der Waals surface area contributed by atoms with Gasteiger partial charge in [-0.15, -0.1) is 0 Å². The van der Waals surface area contributed by atoms with Gasteiger partial charge in [0, 0.05) is 5.56 Å². The molecule has 150 valence electrons. The molecule has 0 saturated carbocycles. The van der Waals surface area contributed by atoms with Gasteiger partial charge < -0.3 is 9.47 Å². The molecule has 2 amide bonds. The van der Waals surface area contributed by atoms with E-state index in [0.717, 1.165) is 11.1 Å². The highest BCUT2D eigenvalue weighted by atomic mass is 79.9. The summed E-state index contributed by atoms with van der Waals surface area (Å²) in [7, 11) is 0. The molecule has 0 aliphatic heterocycles. The summed E-state index contributed by atoms with van der Waals surface area (Å²) in [5.74, 6) is 0.349. The average Bonchev–Trinajstić information content (AvgIpc) is 2.63. The van der Waals surface area contributed by atoms with E-state index >= 15 is 0 Å². The van der Waals surface area contributed by atoms with Crippen LogP contribution in [-0.2, 0) is 4.79 Å². The second kappa shape index (κ2) is 9.59. The van der Waals surface area contributed by atoms with Crippen LogP contribution in [0, 0.1) is 13.8 Å². The van der Waals surface area contributed by atoms with Gasteiger partial charge in [-0.1, -0.05) is 6.07 Å². The summed E-state index contributed by atoms with van der Waals surface area (Å²) < 4.78 is 11.9. The molecule has 0 bridgehead atoms. The number of carbonyl (C=O) groups is 2. The number of benzene rings is 2. The second-order valence-electron chi connectivity index (χ2n) is 6.76. The molecule has 0 heterocycles. The van der Waals surface area contributed by atoms with Crippen molar-refractivity contribution >= 4 is 27.7 Å². The van der Waals surface area contributed by atoms with E-state index in [0.29, 0.717) is 21.5 Å². The molecule has 0 spiro atoms. The maximum absolute atomic E-state index is 12.3. The maximum Gasteiger partial charge on any atom is 0.279 e. The van der Waals surface area contributed by atoms with E-state index in [9.17, 15) is 9.59 Å². The first-order valence-electron chi connectivity index (χ1n) is 8.97. The number of rotatable bonds is 6. The van der Waals surface area contributed by atoms with Crippen molar-refractivity contribution in [2.24, 2.45) is 0 Å². The summed E-state index contributed by atoms with van der Waals surface area (Å²) in [6, 6.07) is 10.6. The van der Waals surface area contributed by atoms with Crippen LogP contribution >= 0.6 is 15.9 Å². The Morgan fingerprint density at radius 3 is 2.25 bits per heavy atom. The summed E-state index contributed by atoms with van der Waals surface area (Å²) >= 11 is 3.38. The summed E-state index contributed by atoms with van der Waals surface area (Å²) in [6.45, 7) is 9.44. The lowest BCUT2D eigenvalue weighted by Gasteiger charge is -2.16. The maximum atomic E-state index is 12.3. The summed E-state index contributed by atoms with van der Waals surface area (Å²) in [5, 5.41) is 0. The standard InChI is InChI=1S/C21H25BrN2O4/c1-12(2)27-19-9-7-16(11-18(19)22)21(26)24-23-20(25)15(5)28-17-8-6-13(3)14(4)10-17/h6-12,15H,1-5H3,(H,23,25)(H,24,26). The van der Waals surface area contributed by atoms with Crippen LogP contribution in [0.4, 0.5) is 0 Å². The van der Waals surface area contributed by atoms with Crippen LogP contribution < -0.4 is 20.3 Å². The van der Waals surface area contributed by atoms with Crippen LogP contribution in [0.25, 0.3) is 0 Å². The van der Waals surface area contributed by atoms with E-state index in [-0.39, 0.29) is 6.10 Å². The van der Waals surface area contributed by atoms with Crippen molar-refractivity contribution < 1.29 is 19.1 Å². The van der Waals surface area contributed by atoms with Crippen LogP contribution in [0.15, 0.2) is 40.9 Å². The number of hydrogen-bond donors (Lipinski definition) is 2. The first-order valence-corrected chi connectivity index (χ1v) is 9.77. The highest BCUT2D eigenvalue weighted by Gasteiger charge is 2.17. The Morgan fingerprint density at radius 2 is 1.64 bits per heavy atom. The molecular weight excluding hydrogens is 424 g/mol. The molecule has 2 aromatic carbocycles. The van der Waals surface area contributed by atoms with Gasteiger partial charge in [-0.3, -0.25) is 20.4 Å². The Morgan fingerprint density at radius 1 is 0.929 bits per heavy atom. The van der Waals surface area contributed by atoms with E-state index in [2.05, 4.69) is 26.8 Å². The van der Waals surface area contributed by atoms with Gasteiger partial charge in [0.1, 0.15) is 11.5 Å². The predicted octanol–water partition coefficient (Wildman–Crippen LogP) is 4.08. The van der Waals surface area contributed by atoms with Crippen molar-refractivity contribution in [1.82, 2.24) is 10.9 Å². The molecule has 2 rings (SSSR count). The molecule has 0 aromatic heterocycles. The molecule has 2 N–H and O–H groups in total. The number of aryl methyl sites for hydroxylation is 2. The highest BCUT2D eigenvalue weighted by Crippen LogP contribution is 2.26. The number of halogens is 1. The number of ether oxygens (including phenoxy) is 2. The van der Waals surface area contributed by atoms with Crippen molar-refractivity contribution in [3.8, 4) is 11.5 Å². The lowest BCUT2D eigenvalue weighted by Crippen LogP contribution is -2.47. The predicted molar refractivity (Wildman–Crippen MR) is 112 cm³/mol. The van der Waals surface area contributed by atoms with E-state index in [4.69, 9.17) is 9.47 Å². The minimum Gasteiger partial charge on any atom is -0.490 e. The fraction of sp³-hybridized carbons (Fsp3) is 0.333. The molecule has 0 aliphatic carbocycles. The molecule has 0 aliphatic rings. The van der Waals surface area contributed by atoms with Crippen molar-refractivity contribution in [3.63, 3.8) is 0 Å². The number of hydrazine groups is 1. The monoisotopic (exact) mass is 448 g/mol. The molecule has 7 heteroatoms. The normalized spacial score (nSPS) is 11.7. The zero-order valence-corrected chi connectivity index (χ0v) is 18.2. The number of hydrogen-bond acceptors (Lipinski definition) is 4. The molecule has 2 aromatic rings. The van der Waals surface area contributed by atoms with E-state index in [1.807, 2.05) is 45.9 Å². The third-order valence-electron chi connectivity index (χ3n) is 4.02. The molecule has 28 heavy (non-hydrogen) atoms. The fourth-order valence-electron chi connectivity index (χ4n) is 2.33. The number of carbonyl (C=O) groups excluding carboxylic acids is 2. The van der Waals surface area contributed by atoms with Crippen LogP contribution in [0.3, 0.4) is 0 Å². The molecule has 0 saturated heterocycles. The first kappa shape index (κ1) is 21.8. The second-order valence-corrected chi connectivity index (χ2v) is 7.62. The number of nitrogens with one attached hydrogen (secondary N) is 2. The first-order chi connectivity index (χ1) is 13.2. The fourth-order valence-corrected chi connectivity index (χ4v) is 2.80. The SMILES string of the molecule is Cc1ccc(OC(C)C(=O)NNC(=O)c2ccc(OC(C)C)c(Br)c2)cc1C. The van der Waals surface area contributed by atoms with Gasteiger partial charge in [0.15, 0.2) is 6.10 Å². The highest BCUT2D eigenvalue weighted by molar-refractivity contribution is 9.10. The smallest absolute Gasteiger partial charge is 0.279 e. The Hall–Kier alpha value is -2.54. The van der Waals surface area contributed by atoms with Crippen LogP contribution in [0.5, 0.6) is 11.5 Å². The van der Waals surface area contributed by atoms with Crippen molar-refractivity contribution in [2.75, 3.05) is 0 Å². The Balaban J connectivity index is 1.91. The van der Waals surface area contributed by atoms with Gasteiger partial charge in [0.05, 0.1) is 10.6 Å². The zero-order valence-electron chi connectivity index (χ0n) is 16.6. The average molecular weight is 449 g/mol. The topological polar surface area (TPSA) is 76.7 Å². The molecule has 0 radical (unpaired) electrons. The summed E-state index contributed by atoms with van der Waals surface area (Å²) in [4.78, 5) is 24.5. The molecule has 1 atom stereocenters. The van der Waals surface area contributed by atoms with Crippen molar-refractivity contribution in [3.05, 3.63) is 57.6 Å². The van der Waals surface area contributed by atoms with Gasteiger partial charge in [0.25, 0.3) is 11.8 Å². The minimum atomic E-state index is -0.768. The van der Waals surface area contributed by atoms with Gasteiger partial charge >= 0.3 is 0 Å². The Bertz CT molecular complexity index is 867. The lowest BCUT2D eigenvalue weighted by atomic mass is 10.1. The molecule has 0 fully saturated rings. The lowest BCUT2D eigenvalue weighted by molar-refractivity contribution is -0.128. The third-order valence-corrected chi connectivity index (χ3v) is 4.64. The third kappa shape index (κ3) is 5.99. The Kier molecular flexibility index (Phi) is 7.45. The van der Waals surface area contributed by atoms with Gasteiger partial charge in [-0.2, -0.15) is 0 Å². The zero-order chi connectivity index (χ0) is 20.8.